The van der Waals surface area contributed by atoms with E-state index in [-0.39, 0.29) is 17.9 Å². The summed E-state index contributed by atoms with van der Waals surface area (Å²) in [6.07, 6.45) is 4.11. The highest BCUT2D eigenvalue weighted by Gasteiger charge is 2.08. The largest absolute Gasteiger partial charge is 0.462 e. The van der Waals surface area contributed by atoms with Gasteiger partial charge in [-0.05, 0) is 39.0 Å². The lowest BCUT2D eigenvalue weighted by molar-refractivity contribution is -0.140. The van der Waals surface area contributed by atoms with Gasteiger partial charge in [0.15, 0.2) is 0 Å². The highest BCUT2D eigenvalue weighted by Crippen LogP contribution is 2.13. The van der Waals surface area contributed by atoms with Crippen LogP contribution in [0.4, 0.5) is 0 Å². The van der Waals surface area contributed by atoms with Gasteiger partial charge in [-0.25, -0.2) is 9.59 Å². The smallest absolute Gasteiger partial charge is 0.333 e. The first-order valence-electron chi connectivity index (χ1n) is 6.66. The molecule has 0 saturated carbocycles. The van der Waals surface area contributed by atoms with E-state index in [1.807, 2.05) is 6.08 Å². The Kier molecular flexibility index (Phi) is 9.09. The van der Waals surface area contributed by atoms with Crippen molar-refractivity contribution in [1.29, 1.82) is 0 Å². The molecule has 0 saturated heterocycles. The van der Waals surface area contributed by atoms with E-state index >= 15 is 0 Å². The molecule has 20 heavy (non-hydrogen) atoms. The van der Waals surface area contributed by atoms with Crippen molar-refractivity contribution in [1.82, 2.24) is 0 Å². The number of hydrogen-bond acceptors (Lipinski definition) is 4. The lowest BCUT2D eigenvalue weighted by Crippen LogP contribution is -2.11. The van der Waals surface area contributed by atoms with E-state index < -0.39 is 0 Å². The summed E-state index contributed by atoms with van der Waals surface area (Å²) >= 11 is 0. The standard InChI is InChI=1S/C16H24O4/c1-6-14(9-11-20-16(18)13(4)5)8-7-10-19-15(17)12(2)3/h6,14H,1-2,4,7-11H2,3,5H3. The van der Waals surface area contributed by atoms with Gasteiger partial charge in [0.25, 0.3) is 0 Å². The summed E-state index contributed by atoms with van der Waals surface area (Å²) in [6.45, 7) is 14.7. The average molecular weight is 280 g/mol. The van der Waals surface area contributed by atoms with Crippen LogP contribution in [0.3, 0.4) is 0 Å². The molecule has 0 aromatic heterocycles. The molecular weight excluding hydrogens is 256 g/mol. The van der Waals surface area contributed by atoms with Gasteiger partial charge in [0.2, 0.25) is 0 Å². The van der Waals surface area contributed by atoms with Gasteiger partial charge in [-0.2, -0.15) is 0 Å². The van der Waals surface area contributed by atoms with Gasteiger partial charge in [-0.3, -0.25) is 0 Å². The van der Waals surface area contributed by atoms with E-state index in [9.17, 15) is 9.59 Å². The van der Waals surface area contributed by atoms with Crippen LogP contribution in [0.5, 0.6) is 0 Å². The van der Waals surface area contributed by atoms with Crippen LogP contribution in [-0.4, -0.2) is 25.2 Å². The minimum atomic E-state index is -0.372. The van der Waals surface area contributed by atoms with Gasteiger partial charge in [0, 0.05) is 11.1 Å². The molecule has 0 rings (SSSR count). The van der Waals surface area contributed by atoms with Crippen LogP contribution in [0.1, 0.15) is 33.1 Å². The van der Waals surface area contributed by atoms with E-state index in [0.29, 0.717) is 30.8 Å². The maximum atomic E-state index is 11.2. The Balaban J connectivity index is 3.80. The van der Waals surface area contributed by atoms with Crippen molar-refractivity contribution >= 4 is 11.9 Å². The molecule has 0 amide bonds. The van der Waals surface area contributed by atoms with Crippen LogP contribution < -0.4 is 0 Å². The predicted molar refractivity (Wildman–Crippen MR) is 79.1 cm³/mol. The molecule has 112 valence electrons. The van der Waals surface area contributed by atoms with Crippen molar-refractivity contribution in [2.24, 2.45) is 5.92 Å². The lowest BCUT2D eigenvalue weighted by Gasteiger charge is -2.12. The van der Waals surface area contributed by atoms with E-state index in [4.69, 9.17) is 9.47 Å². The molecule has 0 N–H and O–H groups in total. The Hall–Kier alpha value is -1.84. The normalized spacial score (nSPS) is 11.3. The Morgan fingerprint density at radius 2 is 1.50 bits per heavy atom. The Morgan fingerprint density at radius 3 is 1.95 bits per heavy atom. The maximum absolute atomic E-state index is 11.2. The lowest BCUT2D eigenvalue weighted by atomic mass is 10.0. The fourth-order valence-corrected chi connectivity index (χ4v) is 1.44. The summed E-state index contributed by atoms with van der Waals surface area (Å²) in [5.74, 6) is -0.504. The zero-order chi connectivity index (χ0) is 15.5. The van der Waals surface area contributed by atoms with Crippen molar-refractivity contribution < 1.29 is 19.1 Å². The fourth-order valence-electron chi connectivity index (χ4n) is 1.44. The number of carbonyl (C=O) groups excluding carboxylic acids is 2. The van der Waals surface area contributed by atoms with Gasteiger partial charge >= 0.3 is 11.9 Å². The Labute approximate surface area is 121 Å². The molecule has 0 fully saturated rings. The molecular formula is C16H24O4. The quantitative estimate of drug-likeness (QED) is 0.267. The number of allylic oxidation sites excluding steroid dienone is 1. The number of hydrogen-bond donors (Lipinski definition) is 0. The molecule has 4 nitrogen and oxygen atoms in total. The van der Waals surface area contributed by atoms with Crippen LogP contribution in [0.25, 0.3) is 0 Å². The highest BCUT2D eigenvalue weighted by atomic mass is 16.5. The van der Waals surface area contributed by atoms with Crippen molar-refractivity contribution in [3.05, 3.63) is 37.0 Å². The van der Waals surface area contributed by atoms with Crippen molar-refractivity contribution in [2.45, 2.75) is 33.1 Å². The van der Waals surface area contributed by atoms with Crippen molar-refractivity contribution in [3.8, 4) is 0 Å². The van der Waals surface area contributed by atoms with Crippen molar-refractivity contribution in [2.75, 3.05) is 13.2 Å². The third-order valence-electron chi connectivity index (χ3n) is 2.70. The van der Waals surface area contributed by atoms with E-state index in [0.717, 1.165) is 12.8 Å². The number of esters is 2. The van der Waals surface area contributed by atoms with Crippen molar-refractivity contribution in [3.63, 3.8) is 0 Å². The van der Waals surface area contributed by atoms with Gasteiger partial charge < -0.3 is 9.47 Å². The van der Waals surface area contributed by atoms with Crippen LogP contribution in [0.15, 0.2) is 37.0 Å². The Morgan fingerprint density at radius 1 is 1.00 bits per heavy atom. The van der Waals surface area contributed by atoms with Crippen LogP contribution in [-0.2, 0) is 19.1 Å². The van der Waals surface area contributed by atoms with Crippen LogP contribution >= 0.6 is 0 Å². The maximum Gasteiger partial charge on any atom is 0.333 e. The second-order valence-corrected chi connectivity index (χ2v) is 4.76. The van der Waals surface area contributed by atoms with E-state index in [1.54, 1.807) is 13.8 Å². The first-order chi connectivity index (χ1) is 9.38. The molecule has 1 atom stereocenters. The minimum Gasteiger partial charge on any atom is -0.462 e. The molecule has 0 heterocycles. The summed E-state index contributed by atoms with van der Waals surface area (Å²) in [5.41, 5.74) is 0.795. The first-order valence-corrected chi connectivity index (χ1v) is 6.66. The third kappa shape index (κ3) is 8.29. The topological polar surface area (TPSA) is 52.6 Å². The predicted octanol–water partition coefficient (Wildman–Crippen LogP) is 3.20. The molecule has 0 spiro atoms. The summed E-state index contributed by atoms with van der Waals surface area (Å²) in [7, 11) is 0. The zero-order valence-corrected chi connectivity index (χ0v) is 12.4. The average Bonchev–Trinajstić information content (AvgIpc) is 2.40. The third-order valence-corrected chi connectivity index (χ3v) is 2.70. The summed E-state index contributed by atoms with van der Waals surface area (Å²) in [5, 5.41) is 0. The van der Waals surface area contributed by atoms with E-state index in [1.165, 1.54) is 0 Å². The second kappa shape index (κ2) is 10.0. The first kappa shape index (κ1) is 18.2. The summed E-state index contributed by atoms with van der Waals surface area (Å²) in [4.78, 5) is 22.4. The fraction of sp³-hybridized carbons (Fsp3) is 0.500. The van der Waals surface area contributed by atoms with Gasteiger partial charge in [0.1, 0.15) is 0 Å². The number of ether oxygens (including phenoxy) is 2. The summed E-state index contributed by atoms with van der Waals surface area (Å²) < 4.78 is 10.0. The van der Waals surface area contributed by atoms with Gasteiger partial charge in [0.05, 0.1) is 13.2 Å². The Bertz CT molecular complexity index is 382. The molecule has 0 aliphatic carbocycles. The monoisotopic (exact) mass is 280 g/mol. The van der Waals surface area contributed by atoms with Gasteiger partial charge in [-0.15, -0.1) is 6.58 Å². The molecule has 0 bridgehead atoms. The molecule has 0 radical (unpaired) electrons. The molecule has 0 aromatic rings. The SMILES string of the molecule is C=CC(CCCOC(=O)C(=C)C)CCOC(=O)C(=C)C. The van der Waals surface area contributed by atoms with Gasteiger partial charge in [-0.1, -0.05) is 19.2 Å². The summed E-state index contributed by atoms with van der Waals surface area (Å²) in [6, 6.07) is 0. The highest BCUT2D eigenvalue weighted by molar-refractivity contribution is 5.87. The molecule has 0 aliphatic heterocycles. The zero-order valence-electron chi connectivity index (χ0n) is 12.4. The van der Waals surface area contributed by atoms with E-state index in [2.05, 4.69) is 19.7 Å². The molecule has 0 aromatic carbocycles. The molecule has 1 unspecified atom stereocenters. The molecule has 4 heteroatoms. The second-order valence-electron chi connectivity index (χ2n) is 4.76. The molecule has 0 aliphatic rings. The van der Waals surface area contributed by atoms with Crippen LogP contribution in [0, 0.1) is 5.92 Å². The minimum absolute atomic E-state index is 0.233. The number of rotatable bonds is 10. The number of carbonyl (C=O) groups is 2. The van der Waals surface area contributed by atoms with Crippen LogP contribution in [0.2, 0.25) is 0 Å².